The van der Waals surface area contributed by atoms with Crippen molar-refractivity contribution in [2.45, 2.75) is 0 Å². The molecule has 0 fully saturated rings. The van der Waals surface area contributed by atoms with E-state index in [0.717, 1.165) is 0 Å². The molecule has 314 valence electrons. The molecule has 0 N–H and O–H groups in total. The topological polar surface area (TPSA) is 0 Å². The summed E-state index contributed by atoms with van der Waals surface area (Å²) in [7, 11) is 0. The monoisotopic (exact) mass is 924 g/mol. The third-order valence-electron chi connectivity index (χ3n) is 20.3. The Labute approximate surface area is 433 Å². The van der Waals surface area contributed by atoms with Gasteiger partial charge in [-0.2, -0.15) is 0 Å². The minimum Gasteiger partial charge on any atom is -1.00 e. The Morgan fingerprint density at radius 1 is 0.139 bits per heavy atom. The van der Waals surface area contributed by atoms with Crippen LogP contribution in [-0.2, 0) is 0 Å². The van der Waals surface area contributed by atoms with Crippen LogP contribution in [0.1, 0.15) is 2.85 Å². The van der Waals surface area contributed by atoms with Crippen molar-refractivity contribution in [3.63, 3.8) is 0 Å². The second-order valence-corrected chi connectivity index (χ2v) is 22.7. The van der Waals surface area contributed by atoms with Crippen LogP contribution in [0.2, 0.25) is 0 Å². The van der Waals surface area contributed by atoms with Crippen molar-refractivity contribution >= 4 is 296 Å². The third kappa shape index (κ3) is 2.83. The van der Waals surface area contributed by atoms with Crippen molar-refractivity contribution in [1.29, 1.82) is 0 Å². The number of halogens is 1. The Bertz CT molecular complexity index is 5940. The van der Waals surface area contributed by atoms with Crippen LogP contribution in [0.3, 0.4) is 0 Å². The van der Waals surface area contributed by atoms with Gasteiger partial charge < -0.3 is 2.85 Å². The maximum Gasteiger partial charge on any atom is 2.00 e. The van der Waals surface area contributed by atoms with Crippen LogP contribution in [0.15, 0.2) is 133 Å². The Morgan fingerprint density at radius 3 is 0.458 bits per heavy atom. The summed E-state index contributed by atoms with van der Waals surface area (Å²) in [6.07, 6.45) is 0. The zero-order chi connectivity index (χ0) is 43.3. The molecular weight excluding hydrogens is 900 g/mol. The van der Waals surface area contributed by atoms with E-state index < -0.39 is 0 Å². The van der Waals surface area contributed by atoms with Gasteiger partial charge in [0.1, 0.15) is 0 Å². The summed E-state index contributed by atoms with van der Waals surface area (Å²) >= 11 is 0. The van der Waals surface area contributed by atoms with Gasteiger partial charge in [-0.15, -0.1) is 0 Å². The molecule has 0 unspecified atom stereocenters. The first-order chi connectivity index (χ1) is 34.7. The molecule has 0 aliphatic carbocycles. The fraction of sp³-hybridized carbons (Fsp3) is 0. The van der Waals surface area contributed by atoms with Crippen molar-refractivity contribution in [3.05, 3.63) is 133 Å². The van der Waals surface area contributed by atoms with Crippen LogP contribution < -0.4 is 0 Å². The molecule has 0 aliphatic rings. The van der Waals surface area contributed by atoms with Crippen molar-refractivity contribution < 1.29 is 7.56 Å². The number of benzene rings is 25. The Balaban J connectivity index is 0.00000100. The first-order valence-electron chi connectivity index (χ1n) is 25.2. The van der Waals surface area contributed by atoms with Crippen molar-refractivity contribution in [1.82, 2.24) is 0 Å². The molecule has 0 heterocycles. The van der Waals surface area contributed by atoms with Gasteiger partial charge in [-0.25, -0.2) is 0 Å². The summed E-state index contributed by atoms with van der Waals surface area (Å²) in [5, 5.41) is 69.3. The normalized spacial score (nSPS) is 14.4. The van der Waals surface area contributed by atoms with Crippen LogP contribution in [0.25, 0.3) is 259 Å². The molecule has 72 heavy (non-hydrogen) atoms. The number of rotatable bonds is 0. The zero-order valence-electron chi connectivity index (χ0n) is 39.8. The molecule has 0 aliphatic heterocycles. The van der Waals surface area contributed by atoms with Gasteiger partial charge in [0.15, 0.2) is 0 Å². The van der Waals surface area contributed by atoms with Crippen molar-refractivity contribution in [2.75, 3.05) is 0 Å². The summed E-state index contributed by atoms with van der Waals surface area (Å²) < 4.78 is 0. The van der Waals surface area contributed by atoms with E-state index in [1.807, 2.05) is 0 Å². The minimum absolute atomic E-state index is 0. The summed E-state index contributed by atoms with van der Waals surface area (Å²) in [4.78, 5) is 0. The molecule has 0 bridgehead atoms. The quantitative estimate of drug-likeness (QED) is 0.0808. The summed E-state index contributed by atoms with van der Waals surface area (Å²) in [6.45, 7) is 0. The van der Waals surface area contributed by atoms with Gasteiger partial charge in [0.2, 0.25) is 0 Å². The van der Waals surface area contributed by atoms with Crippen LogP contribution in [-0.4, -0.2) is 37.7 Å². The molecular formula is C70H25CaF. The molecule has 0 spiro atoms. The van der Waals surface area contributed by atoms with Gasteiger partial charge in [0.05, 0.1) is 0 Å². The second-order valence-electron chi connectivity index (χ2n) is 22.7. The largest absolute Gasteiger partial charge is 2.00 e. The fourth-order valence-corrected chi connectivity index (χ4v) is 18.6. The first kappa shape index (κ1) is 34.4. The van der Waals surface area contributed by atoms with E-state index in [2.05, 4.69) is 133 Å². The van der Waals surface area contributed by atoms with Crippen molar-refractivity contribution in [2.24, 2.45) is 0 Å². The van der Waals surface area contributed by atoms with Gasteiger partial charge in [-0.1, -0.05) is 60.7 Å². The standard InChI is InChI=1S/C70H22.Ca.FH.2H/c1-3-23-11-31-19-35-15-27-7-9-29-17-37-21-33-13-25-5-2-6-26-14-34-22-38-18-30-10-8-28-16-36-20-32-12-24(4-1)39(23)53-45(31)59-49(35)55-41(27)43(29)57-51(37)61-47(33)54(40(25)26)48(34)62-52(38)58-44(30)42(28)56-50(36)60(46(32)53)63(59)69-65(55)67(57)70(64(61)62)68(58)66(56)69;;;;/h1-22H;;1H;;/q;+2;;2*-1. The summed E-state index contributed by atoms with van der Waals surface area (Å²) in [6, 6.07) is 54.7. The van der Waals surface area contributed by atoms with E-state index in [4.69, 9.17) is 0 Å². The third-order valence-corrected chi connectivity index (χ3v) is 20.3. The van der Waals surface area contributed by atoms with E-state index in [1.165, 1.54) is 259 Å². The number of hydrogen-bond donors (Lipinski definition) is 0. The predicted molar refractivity (Wildman–Crippen MR) is 316 cm³/mol. The van der Waals surface area contributed by atoms with Crippen LogP contribution >= 0.6 is 0 Å². The van der Waals surface area contributed by atoms with Gasteiger partial charge >= 0.3 is 37.7 Å². The molecule has 0 nitrogen and oxygen atoms in total. The molecule has 25 aromatic carbocycles. The summed E-state index contributed by atoms with van der Waals surface area (Å²) in [5.74, 6) is 0. The number of hydrogen-bond acceptors (Lipinski definition) is 0. The van der Waals surface area contributed by atoms with E-state index in [1.54, 1.807) is 0 Å². The van der Waals surface area contributed by atoms with Crippen LogP contribution in [0.5, 0.6) is 0 Å². The molecule has 0 atom stereocenters. The predicted octanol–water partition coefficient (Wildman–Crippen LogP) is 20.4. The van der Waals surface area contributed by atoms with E-state index in [-0.39, 0.29) is 45.3 Å². The zero-order valence-corrected chi connectivity index (χ0v) is 40.0. The average molecular weight is 925 g/mol. The molecule has 25 aromatic rings. The van der Waals surface area contributed by atoms with Gasteiger partial charge in [-0.3, -0.25) is 4.70 Å². The Hall–Kier alpha value is -7.91. The maximum absolute atomic E-state index is 2.58. The molecule has 0 saturated carbocycles. The Kier molecular flexibility index (Phi) is 4.65. The molecule has 2 heteroatoms. The van der Waals surface area contributed by atoms with Gasteiger partial charge in [0, 0.05) is 0 Å². The van der Waals surface area contributed by atoms with Crippen LogP contribution in [0.4, 0.5) is 4.70 Å². The van der Waals surface area contributed by atoms with E-state index in [0.29, 0.717) is 0 Å². The molecule has 0 aromatic heterocycles. The van der Waals surface area contributed by atoms with Gasteiger partial charge in [-0.05, 0) is 331 Å². The minimum atomic E-state index is 0. The summed E-state index contributed by atoms with van der Waals surface area (Å²) in [5.41, 5.74) is 0. The van der Waals surface area contributed by atoms with Crippen molar-refractivity contribution in [3.8, 4) is 0 Å². The average Bonchev–Trinajstić information content (AvgIpc) is 3.47. The smallest absolute Gasteiger partial charge is 1.00 e. The van der Waals surface area contributed by atoms with Gasteiger partial charge in [0.25, 0.3) is 0 Å². The molecule has 0 radical (unpaired) electrons. The Morgan fingerprint density at radius 2 is 0.264 bits per heavy atom. The van der Waals surface area contributed by atoms with E-state index in [9.17, 15) is 0 Å². The SMILES string of the molecule is F.[Ca+2].[H-].[H-].c1cc2cc3cc4cc5ccc6cc7cc8cc9cccc%10cc%11cc%12cc%13ccc%14cc%15cc%16cc(c1)c2c1c3c2c4c3c5c6c4c7c5c8c(c9%10)c%11c6c%12c7c%13c%14c8c%15c(c%161)c2c1c3c4c(c56)c7c81. The maximum atomic E-state index is 2.58. The van der Waals surface area contributed by atoms with E-state index >= 15 is 0 Å². The second kappa shape index (κ2) is 9.73. The van der Waals surface area contributed by atoms with Crippen LogP contribution in [0, 0.1) is 0 Å². The molecule has 0 saturated heterocycles. The molecule has 0 amide bonds. The fourth-order valence-electron chi connectivity index (χ4n) is 18.6. The molecule has 25 rings (SSSR count). The first-order valence-corrected chi connectivity index (χ1v) is 25.2.